The molecule has 0 spiro atoms. The van der Waals surface area contributed by atoms with Gasteiger partial charge in [-0.05, 0) is 42.0 Å². The van der Waals surface area contributed by atoms with Crippen molar-refractivity contribution in [2.45, 2.75) is 12.2 Å². The molecule has 0 saturated carbocycles. The van der Waals surface area contributed by atoms with Gasteiger partial charge in [-0.1, -0.05) is 12.1 Å². The lowest BCUT2D eigenvalue weighted by Crippen LogP contribution is -2.38. The van der Waals surface area contributed by atoms with Gasteiger partial charge in [0.15, 0.2) is 6.04 Å². The summed E-state index contributed by atoms with van der Waals surface area (Å²) in [4.78, 5) is 23.0. The number of carbonyl (C=O) groups is 2. The highest BCUT2D eigenvalue weighted by Gasteiger charge is 2.42. The van der Waals surface area contributed by atoms with E-state index < -0.39 is 29.8 Å². The van der Waals surface area contributed by atoms with Crippen molar-refractivity contribution in [2.75, 3.05) is 0 Å². The zero-order valence-electron chi connectivity index (χ0n) is 12.1. The number of rotatable bonds is 4. The Kier molecular flexibility index (Phi) is 4.87. The maximum atomic E-state index is 13.2. The fraction of sp³-hybridized carbons (Fsp3) is 0.125. The largest absolute Gasteiger partial charge is 0.412 e. The van der Waals surface area contributed by atoms with E-state index in [1.165, 1.54) is 24.3 Å². The predicted octanol–water partition coefficient (Wildman–Crippen LogP) is 2.96. The van der Waals surface area contributed by atoms with Gasteiger partial charge >= 0.3 is 6.18 Å². The summed E-state index contributed by atoms with van der Waals surface area (Å²) >= 11 is 0. The molecule has 8 heteroatoms. The molecular formula is C16H12F4N2O2. The van der Waals surface area contributed by atoms with Crippen LogP contribution in [0.3, 0.4) is 0 Å². The number of nitrogens with one attached hydrogen (secondary N) is 1. The Hall–Kier alpha value is -2.90. The van der Waals surface area contributed by atoms with E-state index in [-0.39, 0.29) is 16.7 Å². The van der Waals surface area contributed by atoms with Crippen LogP contribution in [0.1, 0.15) is 32.3 Å². The minimum Gasteiger partial charge on any atom is -0.366 e. The maximum absolute atomic E-state index is 13.2. The molecule has 0 heterocycles. The Morgan fingerprint density at radius 2 is 1.42 bits per heavy atom. The molecular weight excluding hydrogens is 328 g/mol. The van der Waals surface area contributed by atoms with Gasteiger partial charge in [0, 0.05) is 11.1 Å². The number of amides is 2. The van der Waals surface area contributed by atoms with Crippen LogP contribution in [0.2, 0.25) is 0 Å². The SMILES string of the molecule is NC(=O)c1ccc(C(=O)N[C@@H](c2ccc(F)cc2)C(F)(F)F)cc1. The van der Waals surface area contributed by atoms with Gasteiger partial charge in [0.05, 0.1) is 0 Å². The van der Waals surface area contributed by atoms with Crippen LogP contribution in [-0.2, 0) is 0 Å². The zero-order chi connectivity index (χ0) is 17.9. The van der Waals surface area contributed by atoms with Crippen molar-refractivity contribution in [1.82, 2.24) is 5.32 Å². The normalized spacial score (nSPS) is 12.5. The maximum Gasteiger partial charge on any atom is 0.412 e. The molecule has 0 radical (unpaired) electrons. The number of carbonyl (C=O) groups excluding carboxylic acids is 2. The van der Waals surface area contributed by atoms with Crippen molar-refractivity contribution >= 4 is 11.8 Å². The molecule has 2 aromatic carbocycles. The van der Waals surface area contributed by atoms with E-state index >= 15 is 0 Å². The van der Waals surface area contributed by atoms with Crippen LogP contribution < -0.4 is 11.1 Å². The summed E-state index contributed by atoms with van der Waals surface area (Å²) in [6, 6.07) is 6.20. The Labute approximate surface area is 134 Å². The van der Waals surface area contributed by atoms with Crippen LogP contribution in [0.15, 0.2) is 48.5 Å². The predicted molar refractivity (Wildman–Crippen MR) is 77.6 cm³/mol. The van der Waals surface area contributed by atoms with Gasteiger partial charge < -0.3 is 11.1 Å². The first-order valence-corrected chi connectivity index (χ1v) is 6.71. The van der Waals surface area contributed by atoms with Gasteiger partial charge in [-0.3, -0.25) is 9.59 Å². The van der Waals surface area contributed by atoms with Crippen LogP contribution in [0.5, 0.6) is 0 Å². The van der Waals surface area contributed by atoms with Gasteiger partial charge in [0.1, 0.15) is 5.82 Å². The number of nitrogens with two attached hydrogens (primary N) is 1. The topological polar surface area (TPSA) is 72.2 Å². The molecule has 0 aliphatic heterocycles. The van der Waals surface area contributed by atoms with E-state index in [1.54, 1.807) is 0 Å². The van der Waals surface area contributed by atoms with E-state index in [1.807, 2.05) is 5.32 Å². The number of hydrogen-bond donors (Lipinski definition) is 2. The molecule has 1 atom stereocenters. The molecule has 3 N–H and O–H groups in total. The van der Waals surface area contributed by atoms with Crippen molar-refractivity contribution in [3.8, 4) is 0 Å². The lowest BCUT2D eigenvalue weighted by atomic mass is 10.1. The number of halogens is 4. The van der Waals surface area contributed by atoms with Crippen LogP contribution in [0.25, 0.3) is 0 Å². The standard InChI is InChI=1S/C16H12F4N2O2/c17-12-7-5-9(6-8-12)13(16(18,19)20)22-15(24)11-3-1-10(2-4-11)14(21)23/h1-8,13H,(H2,21,23)(H,22,24)/t13-/m0/s1. The molecule has 0 aliphatic carbocycles. The molecule has 126 valence electrons. The Balaban J connectivity index is 2.24. The van der Waals surface area contributed by atoms with Crippen molar-refractivity contribution in [3.05, 3.63) is 71.0 Å². The number of primary amides is 1. The van der Waals surface area contributed by atoms with Crippen molar-refractivity contribution in [2.24, 2.45) is 5.73 Å². The summed E-state index contributed by atoms with van der Waals surface area (Å²) in [5, 5.41) is 1.86. The highest BCUT2D eigenvalue weighted by molar-refractivity contribution is 5.97. The molecule has 4 nitrogen and oxygen atoms in total. The minimum absolute atomic E-state index is 0.0728. The second-order valence-electron chi connectivity index (χ2n) is 4.94. The van der Waals surface area contributed by atoms with Gasteiger partial charge in [0.2, 0.25) is 5.91 Å². The van der Waals surface area contributed by atoms with E-state index in [0.717, 1.165) is 24.3 Å². The average molecular weight is 340 g/mol. The van der Waals surface area contributed by atoms with Crippen molar-refractivity contribution < 1.29 is 27.2 Å². The first kappa shape index (κ1) is 17.5. The first-order valence-electron chi connectivity index (χ1n) is 6.71. The number of benzene rings is 2. The fourth-order valence-corrected chi connectivity index (χ4v) is 2.01. The molecule has 0 unspecified atom stereocenters. The van der Waals surface area contributed by atoms with Gasteiger partial charge in [0.25, 0.3) is 5.91 Å². The molecule has 2 amide bonds. The Morgan fingerprint density at radius 3 is 1.88 bits per heavy atom. The minimum atomic E-state index is -4.76. The quantitative estimate of drug-likeness (QED) is 0.840. The van der Waals surface area contributed by atoms with Gasteiger partial charge in [-0.2, -0.15) is 13.2 Å². The summed E-state index contributed by atoms with van der Waals surface area (Å²) < 4.78 is 52.4. The van der Waals surface area contributed by atoms with E-state index in [2.05, 4.69) is 0 Å². The summed E-state index contributed by atoms with van der Waals surface area (Å²) in [5.41, 5.74) is 4.80. The van der Waals surface area contributed by atoms with Crippen molar-refractivity contribution in [3.63, 3.8) is 0 Å². The zero-order valence-corrected chi connectivity index (χ0v) is 12.1. The highest BCUT2D eigenvalue weighted by Crippen LogP contribution is 2.33. The summed E-state index contributed by atoms with van der Waals surface area (Å²) in [6.45, 7) is 0. The van der Waals surface area contributed by atoms with Crippen LogP contribution in [0, 0.1) is 5.82 Å². The van der Waals surface area contributed by atoms with Crippen LogP contribution >= 0.6 is 0 Å². The molecule has 24 heavy (non-hydrogen) atoms. The Bertz CT molecular complexity index is 740. The molecule has 0 fully saturated rings. The number of alkyl halides is 3. The number of hydrogen-bond acceptors (Lipinski definition) is 2. The summed E-state index contributed by atoms with van der Waals surface area (Å²) in [7, 11) is 0. The molecule has 0 aliphatic rings. The Morgan fingerprint density at radius 1 is 0.917 bits per heavy atom. The molecule has 2 rings (SSSR count). The molecule has 0 bridgehead atoms. The van der Waals surface area contributed by atoms with E-state index in [4.69, 9.17) is 5.73 Å². The molecule has 2 aromatic rings. The third kappa shape index (κ3) is 4.09. The average Bonchev–Trinajstić information content (AvgIpc) is 2.52. The lowest BCUT2D eigenvalue weighted by Gasteiger charge is -2.22. The van der Waals surface area contributed by atoms with Crippen LogP contribution in [-0.4, -0.2) is 18.0 Å². The second kappa shape index (κ2) is 6.69. The van der Waals surface area contributed by atoms with Crippen molar-refractivity contribution in [1.29, 1.82) is 0 Å². The third-order valence-electron chi connectivity index (χ3n) is 3.24. The highest BCUT2D eigenvalue weighted by atomic mass is 19.4. The third-order valence-corrected chi connectivity index (χ3v) is 3.24. The van der Waals surface area contributed by atoms with E-state index in [9.17, 15) is 27.2 Å². The fourth-order valence-electron chi connectivity index (χ4n) is 2.01. The van der Waals surface area contributed by atoms with Crippen LogP contribution in [0.4, 0.5) is 17.6 Å². The smallest absolute Gasteiger partial charge is 0.366 e. The lowest BCUT2D eigenvalue weighted by molar-refractivity contribution is -0.155. The first-order chi connectivity index (χ1) is 11.2. The molecule has 0 aromatic heterocycles. The molecule has 0 saturated heterocycles. The van der Waals surface area contributed by atoms with Gasteiger partial charge in [-0.25, -0.2) is 4.39 Å². The van der Waals surface area contributed by atoms with E-state index in [0.29, 0.717) is 0 Å². The monoisotopic (exact) mass is 340 g/mol. The summed E-state index contributed by atoms with van der Waals surface area (Å²) in [6.07, 6.45) is -4.76. The second-order valence-corrected chi connectivity index (χ2v) is 4.94. The van der Waals surface area contributed by atoms with Gasteiger partial charge in [-0.15, -0.1) is 0 Å². The summed E-state index contributed by atoms with van der Waals surface area (Å²) in [5.74, 6) is -2.40.